The molecule has 1 aliphatic carbocycles. The van der Waals surface area contributed by atoms with E-state index in [9.17, 15) is 17.6 Å². The van der Waals surface area contributed by atoms with Crippen LogP contribution in [0, 0.1) is 28.7 Å². The molecule has 1 aromatic carbocycles. The first kappa shape index (κ1) is 14.6. The van der Waals surface area contributed by atoms with Crippen molar-refractivity contribution < 1.29 is 22.3 Å². The van der Waals surface area contributed by atoms with Crippen molar-refractivity contribution in [3.8, 4) is 5.75 Å². The first-order valence-electron chi connectivity index (χ1n) is 5.95. The molecule has 6 heteroatoms. The third-order valence-corrected chi connectivity index (χ3v) is 5.39. The first-order chi connectivity index (χ1) is 8.81. The minimum Gasteiger partial charge on any atom is -0.484 e. The molecular weight excluding hydrogens is 328 g/mol. The minimum atomic E-state index is -1.49. The van der Waals surface area contributed by atoms with Crippen LogP contribution in [0.2, 0.25) is 0 Å². The average Bonchev–Trinajstić information content (AvgIpc) is 2.39. The second-order valence-electron chi connectivity index (χ2n) is 4.97. The molecule has 1 aromatic rings. The van der Waals surface area contributed by atoms with Crippen molar-refractivity contribution in [3.05, 3.63) is 29.3 Å². The fourth-order valence-electron chi connectivity index (χ4n) is 2.20. The van der Waals surface area contributed by atoms with E-state index in [1.54, 1.807) is 0 Å². The maximum Gasteiger partial charge on any atom is 0.203 e. The van der Waals surface area contributed by atoms with E-state index < -0.39 is 35.1 Å². The van der Waals surface area contributed by atoms with Crippen molar-refractivity contribution in [2.45, 2.75) is 37.6 Å². The summed E-state index contributed by atoms with van der Waals surface area (Å²) < 4.78 is 58.3. The van der Waals surface area contributed by atoms with Gasteiger partial charge in [-0.25, -0.2) is 8.78 Å². The van der Waals surface area contributed by atoms with Gasteiger partial charge in [0.05, 0.1) is 0 Å². The molecule has 106 valence electrons. The Morgan fingerprint density at radius 1 is 1.26 bits per heavy atom. The topological polar surface area (TPSA) is 9.23 Å². The lowest BCUT2D eigenvalue weighted by atomic mass is 9.65. The molecule has 0 bridgehead atoms. The molecule has 0 spiro atoms. The van der Waals surface area contributed by atoms with E-state index in [-0.39, 0.29) is 16.3 Å². The van der Waals surface area contributed by atoms with E-state index in [4.69, 9.17) is 4.74 Å². The van der Waals surface area contributed by atoms with Crippen molar-refractivity contribution in [1.82, 2.24) is 0 Å². The fourth-order valence-corrected chi connectivity index (χ4v) is 3.15. The molecular formula is C13H13BrF4O. The fraction of sp³-hybridized carbons (Fsp3) is 0.538. The minimum absolute atomic E-state index is 0.152. The second kappa shape index (κ2) is 4.96. The quantitative estimate of drug-likeness (QED) is 0.444. The number of hydrogen-bond acceptors (Lipinski definition) is 1. The second-order valence-corrected chi connectivity index (χ2v) is 6.07. The number of rotatable bonds is 3. The van der Waals surface area contributed by atoms with Gasteiger partial charge in [0.15, 0.2) is 17.4 Å². The molecule has 0 saturated heterocycles. The number of benzene rings is 1. The van der Waals surface area contributed by atoms with E-state index >= 15 is 0 Å². The predicted octanol–water partition coefficient (Wildman–Crippen LogP) is 4.57. The van der Waals surface area contributed by atoms with Crippen molar-refractivity contribution >= 4 is 15.9 Å². The van der Waals surface area contributed by atoms with Crippen LogP contribution >= 0.6 is 15.9 Å². The lowest BCUT2D eigenvalue weighted by molar-refractivity contribution is -0.0294. The van der Waals surface area contributed by atoms with Crippen molar-refractivity contribution in [2.24, 2.45) is 5.41 Å². The maximum atomic E-state index is 13.5. The summed E-state index contributed by atoms with van der Waals surface area (Å²) in [5.74, 6) is -6.86. The summed E-state index contributed by atoms with van der Waals surface area (Å²) in [6.45, 7) is 3.81. The standard InChI is InChI=1S/C13H13BrF4O/c1-3-13(2)8(14)5-9(13)19-12-10(17)6(15)4-7(16)11(12)18/h4,8-9H,3,5H2,1-2H3. The SMILES string of the molecule is CCC1(C)C(Br)CC1Oc1c(F)c(F)cc(F)c1F. The molecule has 1 nitrogen and oxygen atoms in total. The number of hydrogen-bond donors (Lipinski definition) is 0. The molecule has 1 saturated carbocycles. The van der Waals surface area contributed by atoms with Crippen molar-refractivity contribution in [3.63, 3.8) is 0 Å². The van der Waals surface area contributed by atoms with Gasteiger partial charge in [-0.15, -0.1) is 0 Å². The monoisotopic (exact) mass is 340 g/mol. The Hall–Kier alpha value is -0.780. The largest absolute Gasteiger partial charge is 0.484 e. The van der Waals surface area contributed by atoms with Crippen molar-refractivity contribution in [1.29, 1.82) is 0 Å². The van der Waals surface area contributed by atoms with E-state index in [0.29, 0.717) is 12.8 Å². The van der Waals surface area contributed by atoms with Gasteiger partial charge >= 0.3 is 0 Å². The van der Waals surface area contributed by atoms with Crippen LogP contribution in [0.5, 0.6) is 5.75 Å². The van der Waals surface area contributed by atoms with Crippen LogP contribution < -0.4 is 4.74 Å². The third kappa shape index (κ3) is 2.24. The molecule has 3 unspecified atom stereocenters. The maximum absolute atomic E-state index is 13.5. The lowest BCUT2D eigenvalue weighted by Gasteiger charge is -2.50. The third-order valence-electron chi connectivity index (χ3n) is 3.97. The van der Waals surface area contributed by atoms with Crippen LogP contribution in [0.15, 0.2) is 6.07 Å². The van der Waals surface area contributed by atoms with Gasteiger partial charge in [-0.3, -0.25) is 0 Å². The first-order valence-corrected chi connectivity index (χ1v) is 6.86. The Morgan fingerprint density at radius 3 is 2.21 bits per heavy atom. The van der Waals surface area contributed by atoms with Gasteiger partial charge in [0.25, 0.3) is 0 Å². The normalized spacial score (nSPS) is 30.1. The van der Waals surface area contributed by atoms with Gasteiger partial charge in [0.1, 0.15) is 6.10 Å². The van der Waals surface area contributed by atoms with Crippen LogP contribution in [0.4, 0.5) is 17.6 Å². The van der Waals surface area contributed by atoms with Gasteiger partial charge < -0.3 is 4.74 Å². The van der Waals surface area contributed by atoms with Crippen molar-refractivity contribution in [2.75, 3.05) is 0 Å². The molecule has 19 heavy (non-hydrogen) atoms. The Balaban J connectivity index is 2.31. The summed E-state index contributed by atoms with van der Waals surface area (Å²) >= 11 is 3.45. The highest BCUT2D eigenvalue weighted by atomic mass is 79.9. The van der Waals surface area contributed by atoms with Gasteiger partial charge in [-0.2, -0.15) is 8.78 Å². The van der Waals surface area contributed by atoms with Gasteiger partial charge in [-0.1, -0.05) is 29.8 Å². The molecule has 3 atom stereocenters. The number of ether oxygens (including phenoxy) is 1. The summed E-state index contributed by atoms with van der Waals surface area (Å²) in [6, 6.07) is 0.171. The molecule has 2 rings (SSSR count). The van der Waals surface area contributed by atoms with Gasteiger partial charge in [-0.05, 0) is 12.8 Å². The zero-order valence-corrected chi connectivity index (χ0v) is 12.0. The molecule has 0 amide bonds. The summed E-state index contributed by atoms with van der Waals surface area (Å²) in [7, 11) is 0. The van der Waals surface area contributed by atoms with E-state index in [1.807, 2.05) is 13.8 Å². The Labute approximate surface area is 117 Å². The van der Waals surface area contributed by atoms with Crippen LogP contribution in [-0.4, -0.2) is 10.9 Å². The smallest absolute Gasteiger partial charge is 0.203 e. The Morgan fingerprint density at radius 2 is 1.79 bits per heavy atom. The summed E-state index contributed by atoms with van der Waals surface area (Å²) in [4.78, 5) is 0.152. The molecule has 0 aliphatic heterocycles. The highest BCUT2D eigenvalue weighted by Gasteiger charge is 2.51. The zero-order chi connectivity index (χ0) is 14.4. The molecule has 0 aromatic heterocycles. The van der Waals surface area contributed by atoms with E-state index in [2.05, 4.69) is 15.9 Å². The molecule has 0 radical (unpaired) electrons. The summed E-state index contributed by atoms with van der Waals surface area (Å²) in [5.41, 5.74) is -0.318. The van der Waals surface area contributed by atoms with Crippen LogP contribution in [0.25, 0.3) is 0 Å². The Bertz CT molecular complexity index is 482. The van der Waals surface area contributed by atoms with Gasteiger partial charge in [0.2, 0.25) is 11.6 Å². The Kier molecular flexibility index (Phi) is 3.82. The molecule has 1 fully saturated rings. The molecule has 0 N–H and O–H groups in total. The molecule has 1 aliphatic rings. The van der Waals surface area contributed by atoms with E-state index in [0.717, 1.165) is 0 Å². The summed E-state index contributed by atoms with van der Waals surface area (Å²) in [5, 5.41) is 0. The van der Waals surface area contributed by atoms with Crippen LogP contribution in [0.3, 0.4) is 0 Å². The lowest BCUT2D eigenvalue weighted by Crippen LogP contribution is -2.55. The summed E-state index contributed by atoms with van der Waals surface area (Å²) in [6.07, 6.45) is 0.766. The zero-order valence-electron chi connectivity index (χ0n) is 10.4. The van der Waals surface area contributed by atoms with Crippen LogP contribution in [-0.2, 0) is 0 Å². The molecule has 0 heterocycles. The number of alkyl halides is 1. The predicted molar refractivity (Wildman–Crippen MR) is 66.4 cm³/mol. The van der Waals surface area contributed by atoms with Gasteiger partial charge in [0, 0.05) is 16.3 Å². The highest BCUT2D eigenvalue weighted by Crippen LogP contribution is 2.50. The average molecular weight is 341 g/mol. The number of halogens is 5. The highest BCUT2D eigenvalue weighted by molar-refractivity contribution is 9.09. The van der Waals surface area contributed by atoms with Crippen LogP contribution in [0.1, 0.15) is 26.7 Å². The van der Waals surface area contributed by atoms with E-state index in [1.165, 1.54) is 0 Å².